The third-order valence-corrected chi connectivity index (χ3v) is 8.46. The van der Waals surface area contributed by atoms with Crippen molar-refractivity contribution in [3.05, 3.63) is 35.9 Å². The first-order chi connectivity index (χ1) is 12.9. The highest BCUT2D eigenvalue weighted by Gasteiger charge is 2.73. The Kier molecular flexibility index (Phi) is 4.75. The molecule has 9 nitrogen and oxygen atoms in total. The quantitative estimate of drug-likeness (QED) is 0.564. The summed E-state index contributed by atoms with van der Waals surface area (Å²) in [5, 5.41) is 20.8. The summed E-state index contributed by atoms with van der Waals surface area (Å²) in [4.78, 5) is 37.2. The summed E-state index contributed by atoms with van der Waals surface area (Å²) in [5.74, 6) is -4.72. The van der Waals surface area contributed by atoms with Gasteiger partial charge in [-0.25, -0.2) is 13.2 Å². The molecule has 2 heterocycles. The molecule has 3 rings (SSSR count). The number of carbonyl (C=O) groups excluding carboxylic acids is 2. The number of rotatable bonds is 5. The number of nitrogens with one attached hydrogen (secondary N) is 1. The number of benzene rings is 1. The van der Waals surface area contributed by atoms with E-state index in [-0.39, 0.29) is 0 Å². The molecule has 2 fully saturated rings. The second kappa shape index (κ2) is 6.56. The average molecular weight is 410 g/mol. The molecule has 0 bridgehead atoms. The summed E-state index contributed by atoms with van der Waals surface area (Å²) >= 11 is 0. The van der Waals surface area contributed by atoms with Crippen molar-refractivity contribution < 1.29 is 33.0 Å². The van der Waals surface area contributed by atoms with Crippen molar-refractivity contribution in [1.82, 2.24) is 10.2 Å². The molecule has 0 aromatic heterocycles. The zero-order valence-electron chi connectivity index (χ0n) is 15.6. The molecule has 0 radical (unpaired) electrons. The van der Waals surface area contributed by atoms with Crippen LogP contribution < -0.4 is 5.32 Å². The largest absolute Gasteiger partial charge is 0.480 e. The molecule has 0 spiro atoms. The fourth-order valence-electron chi connectivity index (χ4n) is 3.92. The molecule has 0 aliphatic carbocycles. The van der Waals surface area contributed by atoms with Crippen LogP contribution in [-0.2, 0) is 24.2 Å². The summed E-state index contributed by atoms with van der Waals surface area (Å²) < 4.78 is 23.9. The molecule has 2 aliphatic heterocycles. The van der Waals surface area contributed by atoms with E-state index in [1.165, 1.54) is 13.8 Å². The van der Waals surface area contributed by atoms with Gasteiger partial charge in [0.15, 0.2) is 9.84 Å². The Balaban J connectivity index is 1.82. The van der Waals surface area contributed by atoms with Gasteiger partial charge < -0.3 is 20.4 Å². The number of aliphatic hydroxyl groups excluding tert-OH is 1. The zero-order valence-corrected chi connectivity index (χ0v) is 16.4. The summed E-state index contributed by atoms with van der Waals surface area (Å²) in [6, 6.07) is 6.87. The van der Waals surface area contributed by atoms with Crippen molar-refractivity contribution in [2.75, 3.05) is 0 Å². The molecule has 0 saturated carbocycles. The third kappa shape index (κ3) is 2.70. The molecule has 10 heteroatoms. The minimum atomic E-state index is -4.12. The molecule has 2 amide bonds. The number of aliphatic hydroxyl groups is 1. The van der Waals surface area contributed by atoms with Crippen LogP contribution in [0.2, 0.25) is 0 Å². The highest BCUT2D eigenvalue weighted by atomic mass is 32.2. The summed E-state index contributed by atoms with van der Waals surface area (Å²) in [6.45, 7) is 4.14. The number of hydrogen-bond acceptors (Lipinski definition) is 6. The molecule has 2 saturated heterocycles. The number of β-lactam (4-membered cyclic amide) rings is 1. The first-order valence-electron chi connectivity index (χ1n) is 8.74. The molecule has 28 heavy (non-hydrogen) atoms. The Morgan fingerprint density at radius 2 is 1.79 bits per heavy atom. The van der Waals surface area contributed by atoms with E-state index >= 15 is 0 Å². The van der Waals surface area contributed by atoms with E-state index in [9.17, 15) is 33.0 Å². The fourth-order valence-corrected chi connectivity index (χ4v) is 6.25. The minimum Gasteiger partial charge on any atom is -0.480 e. The van der Waals surface area contributed by atoms with Gasteiger partial charge in [0.05, 0.1) is 10.8 Å². The number of carbonyl (C=O) groups is 3. The van der Waals surface area contributed by atoms with E-state index in [1.807, 2.05) is 0 Å². The van der Waals surface area contributed by atoms with Gasteiger partial charge in [0, 0.05) is 0 Å². The summed E-state index contributed by atoms with van der Waals surface area (Å²) in [6.07, 6.45) is -1.90. The Bertz CT molecular complexity index is 929. The Labute approximate surface area is 162 Å². The van der Waals surface area contributed by atoms with Crippen molar-refractivity contribution in [2.45, 2.75) is 49.1 Å². The minimum absolute atomic E-state index is 0.474. The number of hydrogen-bond donors (Lipinski definition) is 3. The smallest absolute Gasteiger partial charge is 0.328 e. The molecule has 3 N–H and O–H groups in total. The lowest BCUT2D eigenvalue weighted by Crippen LogP contribution is -2.68. The third-order valence-electron chi connectivity index (χ3n) is 5.61. The number of carboxylic acid groups (broad SMARTS) is 1. The Hall–Kier alpha value is -2.46. The maximum atomic E-state index is 12.8. The molecular weight excluding hydrogens is 388 g/mol. The monoisotopic (exact) mass is 410 g/mol. The topological polar surface area (TPSA) is 141 Å². The summed E-state index contributed by atoms with van der Waals surface area (Å²) in [5.41, 5.74) is 0.769. The van der Waals surface area contributed by atoms with Crippen molar-refractivity contribution in [3.63, 3.8) is 0 Å². The molecule has 152 valence electrons. The van der Waals surface area contributed by atoms with Crippen molar-refractivity contribution in [1.29, 1.82) is 0 Å². The van der Waals surface area contributed by atoms with E-state index in [0.717, 1.165) is 10.5 Å². The molecule has 1 aromatic rings. The van der Waals surface area contributed by atoms with Crippen LogP contribution in [0, 0.1) is 5.92 Å². The lowest BCUT2D eigenvalue weighted by molar-refractivity contribution is -0.171. The lowest BCUT2D eigenvalue weighted by atomic mass is 9.87. The molecule has 0 unspecified atom stereocenters. The van der Waals surface area contributed by atoms with Crippen molar-refractivity contribution >= 4 is 27.6 Å². The van der Waals surface area contributed by atoms with E-state index in [0.29, 0.717) is 0 Å². The zero-order chi connectivity index (χ0) is 21.0. The number of amides is 2. The second-order valence-corrected chi connectivity index (χ2v) is 10.3. The van der Waals surface area contributed by atoms with Crippen LogP contribution >= 0.6 is 0 Å². The van der Waals surface area contributed by atoms with Crippen LogP contribution in [0.4, 0.5) is 0 Å². The van der Waals surface area contributed by atoms with E-state index < -0.39 is 61.8 Å². The predicted molar refractivity (Wildman–Crippen MR) is 97.6 cm³/mol. The number of fused-ring (bicyclic) bond motifs is 1. The first-order valence-corrected chi connectivity index (χ1v) is 10.3. The SMILES string of the molecule is C[C@@H](NC(=O)[C@@H](O)[C@@H]1C(=O)N2[C@@H](C(=O)O)C(C)(C)S(=O)(=O)[C@H]12)c1ccccc1. The first kappa shape index (κ1) is 20.3. The Morgan fingerprint density at radius 3 is 2.32 bits per heavy atom. The standard InChI is InChI=1S/C18H22N2O7S/c1-9(10-7-5-4-6-8-10)19-14(22)12(21)11-15(23)20-13(17(24)25)18(2,3)28(26,27)16(11)20/h4-9,11-13,16,21H,1-3H3,(H,19,22)(H,24,25)/t9-,11-,12+,13+,16-/m1/s1. The van der Waals surface area contributed by atoms with Gasteiger partial charge in [-0.3, -0.25) is 9.59 Å². The van der Waals surface area contributed by atoms with Crippen LogP contribution in [0.1, 0.15) is 32.4 Å². The molecule has 2 aliphatic rings. The van der Waals surface area contributed by atoms with Crippen LogP contribution in [0.25, 0.3) is 0 Å². The highest BCUT2D eigenvalue weighted by molar-refractivity contribution is 7.93. The molecule has 5 atom stereocenters. The maximum absolute atomic E-state index is 12.8. The van der Waals surface area contributed by atoms with Gasteiger partial charge >= 0.3 is 5.97 Å². The highest BCUT2D eigenvalue weighted by Crippen LogP contribution is 2.49. The van der Waals surface area contributed by atoms with Gasteiger partial charge in [-0.15, -0.1) is 0 Å². The van der Waals surface area contributed by atoms with Crippen molar-refractivity contribution in [2.24, 2.45) is 5.92 Å². The van der Waals surface area contributed by atoms with Gasteiger partial charge in [-0.1, -0.05) is 30.3 Å². The maximum Gasteiger partial charge on any atom is 0.328 e. The van der Waals surface area contributed by atoms with Gasteiger partial charge in [-0.2, -0.15) is 0 Å². The number of nitrogens with zero attached hydrogens (tertiary/aromatic N) is 1. The van der Waals surface area contributed by atoms with E-state index in [4.69, 9.17) is 0 Å². The number of sulfone groups is 1. The van der Waals surface area contributed by atoms with Crippen LogP contribution in [0.5, 0.6) is 0 Å². The Morgan fingerprint density at radius 1 is 1.21 bits per heavy atom. The van der Waals surface area contributed by atoms with E-state index in [2.05, 4.69) is 5.32 Å². The molecular formula is C18H22N2O7S. The number of carboxylic acids is 1. The fraction of sp³-hybridized carbons (Fsp3) is 0.500. The lowest BCUT2D eigenvalue weighted by Gasteiger charge is -2.44. The van der Waals surface area contributed by atoms with Gasteiger partial charge in [0.1, 0.15) is 23.4 Å². The van der Waals surface area contributed by atoms with E-state index in [1.54, 1.807) is 37.3 Å². The van der Waals surface area contributed by atoms with Crippen LogP contribution in [-0.4, -0.2) is 63.6 Å². The predicted octanol–water partition coefficient (Wildman–Crippen LogP) is -0.331. The second-order valence-electron chi connectivity index (χ2n) is 7.64. The molecule has 1 aromatic carbocycles. The number of aliphatic carboxylic acids is 1. The van der Waals surface area contributed by atoms with Gasteiger partial charge in [0.2, 0.25) is 11.8 Å². The summed E-state index contributed by atoms with van der Waals surface area (Å²) in [7, 11) is -4.12. The van der Waals surface area contributed by atoms with Gasteiger partial charge in [0.25, 0.3) is 0 Å². The normalized spacial score (nSPS) is 29.4. The van der Waals surface area contributed by atoms with Crippen LogP contribution in [0.3, 0.4) is 0 Å². The van der Waals surface area contributed by atoms with Crippen molar-refractivity contribution in [3.8, 4) is 0 Å². The average Bonchev–Trinajstić information content (AvgIpc) is 2.76. The van der Waals surface area contributed by atoms with Gasteiger partial charge in [-0.05, 0) is 26.3 Å². The van der Waals surface area contributed by atoms with Crippen LogP contribution in [0.15, 0.2) is 30.3 Å².